The summed E-state index contributed by atoms with van der Waals surface area (Å²) in [6, 6.07) is 0. The van der Waals surface area contributed by atoms with Crippen LogP contribution in [0.2, 0.25) is 0 Å². The average molecular weight is 251 g/mol. The first-order chi connectivity index (χ1) is 4.64. The van der Waals surface area contributed by atoms with Gasteiger partial charge in [0.1, 0.15) is 0 Å². The molecule has 0 saturated carbocycles. The van der Waals surface area contributed by atoms with Crippen molar-refractivity contribution in [3.8, 4) is 0 Å². The van der Waals surface area contributed by atoms with E-state index in [1.165, 1.54) is 6.92 Å². The van der Waals surface area contributed by atoms with Crippen molar-refractivity contribution in [3.63, 3.8) is 0 Å². The van der Waals surface area contributed by atoms with Crippen molar-refractivity contribution >= 4 is 29.5 Å². The van der Waals surface area contributed by atoms with E-state index in [4.69, 9.17) is 24.4 Å². The highest BCUT2D eigenvalue weighted by Crippen LogP contribution is 2.25. The summed E-state index contributed by atoms with van der Waals surface area (Å²) < 4.78 is 8.88. The second-order valence-electron chi connectivity index (χ2n) is 1.46. The molecule has 4 N–H and O–H groups in total. The number of hydrogen-bond acceptors (Lipinski definition) is 3. The quantitative estimate of drug-likeness (QED) is 0.364. The zero-order chi connectivity index (χ0) is 9.65. The molecule has 0 aliphatic rings. The Morgan fingerprint density at radius 3 is 1.55 bits per heavy atom. The van der Waals surface area contributed by atoms with Crippen LogP contribution in [0.25, 0.3) is 0 Å². The van der Waals surface area contributed by atoms with Gasteiger partial charge in [-0.2, -0.15) is 0 Å². The lowest BCUT2D eigenvalue weighted by atomic mass is 10.5. The fraction of sp³-hybridized carbons (Fsp3) is 0.667. The van der Waals surface area contributed by atoms with Crippen LogP contribution >= 0.6 is 23.8 Å². The van der Waals surface area contributed by atoms with E-state index >= 15 is 0 Å². The van der Waals surface area contributed by atoms with Crippen molar-refractivity contribution in [2.24, 2.45) is 0 Å². The van der Waals surface area contributed by atoms with Gasteiger partial charge in [0.05, 0.1) is 0 Å². The van der Waals surface area contributed by atoms with Gasteiger partial charge in [0, 0.05) is 0 Å². The van der Waals surface area contributed by atoms with Crippen molar-refractivity contribution in [3.05, 3.63) is 0 Å². The lowest BCUT2D eigenvalue weighted by molar-refractivity contribution is -0.120. The number of hydrogen-bond donors (Lipinski definition) is 4. The van der Waals surface area contributed by atoms with Crippen LogP contribution in [-0.4, -0.2) is 30.6 Å². The van der Waals surface area contributed by atoms with Crippen LogP contribution < -0.4 is 0 Å². The van der Waals surface area contributed by atoms with E-state index in [9.17, 15) is 4.79 Å². The van der Waals surface area contributed by atoms with Crippen LogP contribution in [-0.2, 0) is 9.36 Å². The van der Waals surface area contributed by atoms with E-state index in [1.54, 1.807) is 0 Å². The number of ketones is 1. The van der Waals surface area contributed by atoms with E-state index in [0.29, 0.717) is 0 Å². The Hall–Kier alpha value is 0.220. The van der Waals surface area contributed by atoms with Gasteiger partial charge in [-0.05, 0) is 22.9 Å². The Labute approximate surface area is 71.2 Å². The number of carbonyl (C=O) groups excluding carboxylic acids is 1. The topological polar surface area (TPSA) is 115 Å². The Kier molecular flexibility index (Phi) is 7.29. The highest BCUT2D eigenvalue weighted by Gasteiger charge is 2.00. The maximum Gasteiger partial charge on any atom is 0.466 e. The van der Waals surface area contributed by atoms with Gasteiger partial charge in [-0.3, -0.25) is 4.79 Å². The minimum absolute atomic E-state index is 0.269. The predicted molar refractivity (Wildman–Crippen MR) is 39.9 cm³/mol. The molecule has 0 aromatic rings. The molecule has 11 heavy (non-hydrogen) atoms. The zero-order valence-corrected chi connectivity index (χ0v) is 7.99. The average Bonchev–Trinajstić information content (AvgIpc) is 1.59. The molecule has 0 rings (SSSR count). The van der Waals surface area contributed by atoms with Gasteiger partial charge in [-0.25, -0.2) is 4.57 Å². The van der Waals surface area contributed by atoms with Gasteiger partial charge in [-0.1, -0.05) is 0 Å². The molecule has 1 unspecified atom stereocenters. The van der Waals surface area contributed by atoms with Gasteiger partial charge < -0.3 is 19.8 Å². The summed E-state index contributed by atoms with van der Waals surface area (Å²) in [5, 5.41) is 7.22. The molecule has 0 heterocycles. The molecule has 0 bridgehead atoms. The Morgan fingerprint density at radius 2 is 1.55 bits per heavy atom. The van der Waals surface area contributed by atoms with Crippen molar-refractivity contribution in [2.45, 2.75) is 11.9 Å². The summed E-state index contributed by atoms with van der Waals surface area (Å²) in [6.45, 7) is 1.30. The molecule has 0 fully saturated rings. The lowest BCUT2D eigenvalue weighted by Gasteiger charge is -1.88. The second kappa shape index (κ2) is 5.82. The first kappa shape index (κ1) is 13.8. The third kappa shape index (κ3) is 38.8. The fourth-order valence-electron chi connectivity index (χ4n) is 0. The number of halogens is 1. The lowest BCUT2D eigenvalue weighted by Crippen LogP contribution is -2.06. The van der Waals surface area contributed by atoms with E-state index in [0.717, 1.165) is 0 Å². The molecule has 0 aromatic heterocycles. The van der Waals surface area contributed by atoms with Gasteiger partial charge in [0.2, 0.25) is 0 Å². The van der Waals surface area contributed by atoms with Crippen LogP contribution in [0.5, 0.6) is 0 Å². The molecule has 0 aliphatic carbocycles. The number of Topliss-reactive ketones (excluding diaryl/α,β-unsaturated/α-hetero) is 1. The number of phosphoric acid groups is 1. The molecule has 0 aromatic carbocycles. The number of aliphatic hydroxyl groups is 1. The smallest absolute Gasteiger partial charge is 0.374 e. The SMILES string of the molecule is CC(=O)C(O)Br.O=P(O)(O)O. The molecule has 0 radical (unpaired) electrons. The molecule has 0 spiro atoms. The minimum atomic E-state index is -4.64. The highest BCUT2D eigenvalue weighted by atomic mass is 79.9. The highest BCUT2D eigenvalue weighted by molar-refractivity contribution is 9.09. The van der Waals surface area contributed by atoms with Crippen LogP contribution in [0.3, 0.4) is 0 Å². The molecule has 0 saturated heterocycles. The van der Waals surface area contributed by atoms with Crippen molar-refractivity contribution in [1.82, 2.24) is 0 Å². The van der Waals surface area contributed by atoms with Gasteiger partial charge in [-0.15, -0.1) is 0 Å². The third-order valence-corrected chi connectivity index (χ3v) is 0.980. The molecule has 0 aliphatic heterocycles. The van der Waals surface area contributed by atoms with E-state index < -0.39 is 12.8 Å². The third-order valence-electron chi connectivity index (χ3n) is 0.335. The molecular formula is C3H8BrO6P. The number of rotatable bonds is 1. The van der Waals surface area contributed by atoms with Crippen molar-refractivity contribution < 1.29 is 29.1 Å². The number of carbonyl (C=O) groups is 1. The van der Waals surface area contributed by atoms with Crippen LogP contribution in [0.4, 0.5) is 0 Å². The summed E-state index contributed by atoms with van der Waals surface area (Å²) >= 11 is 2.64. The standard InChI is InChI=1S/C3H5BrO2.H3O4P/c1-2(5)3(4)6;1-5(2,3)4/h3,6H,1H3;(H3,1,2,3,4). The zero-order valence-electron chi connectivity index (χ0n) is 5.51. The normalized spacial score (nSPS) is 12.9. The fourth-order valence-corrected chi connectivity index (χ4v) is 0. The van der Waals surface area contributed by atoms with E-state index in [-0.39, 0.29) is 5.78 Å². The van der Waals surface area contributed by atoms with E-state index in [2.05, 4.69) is 15.9 Å². The maximum atomic E-state index is 9.85. The summed E-state index contributed by atoms with van der Waals surface area (Å²) in [5.41, 5.74) is 0. The van der Waals surface area contributed by atoms with Crippen LogP contribution in [0.1, 0.15) is 6.92 Å². The Bertz CT molecular complexity index is 153. The monoisotopic (exact) mass is 250 g/mol. The van der Waals surface area contributed by atoms with Gasteiger partial charge >= 0.3 is 7.82 Å². The summed E-state index contributed by atoms with van der Waals surface area (Å²) in [4.78, 5) is 31.4. The minimum Gasteiger partial charge on any atom is -0.374 e. The van der Waals surface area contributed by atoms with Gasteiger partial charge in [0.15, 0.2) is 10.8 Å². The van der Waals surface area contributed by atoms with Crippen molar-refractivity contribution in [2.75, 3.05) is 0 Å². The first-order valence-electron chi connectivity index (χ1n) is 2.25. The summed E-state index contributed by atoms with van der Waals surface area (Å²) in [7, 11) is -4.64. The molecule has 68 valence electrons. The van der Waals surface area contributed by atoms with Crippen molar-refractivity contribution in [1.29, 1.82) is 0 Å². The Morgan fingerprint density at radius 1 is 1.45 bits per heavy atom. The number of aliphatic hydroxyl groups excluding tert-OH is 1. The van der Waals surface area contributed by atoms with Crippen LogP contribution in [0.15, 0.2) is 0 Å². The predicted octanol–water partition coefficient (Wildman–Crippen LogP) is -0.640. The molecule has 0 amide bonds. The second-order valence-corrected chi connectivity index (χ2v) is 3.35. The number of alkyl halides is 1. The maximum absolute atomic E-state index is 9.85. The molecule has 1 atom stereocenters. The molecular weight excluding hydrogens is 243 g/mol. The van der Waals surface area contributed by atoms with E-state index in [1.807, 2.05) is 0 Å². The Balaban J connectivity index is 0. The first-order valence-corrected chi connectivity index (χ1v) is 4.73. The summed E-state index contributed by atoms with van der Waals surface area (Å²) in [5.74, 6) is -0.269. The van der Waals surface area contributed by atoms with Gasteiger partial charge in [0.25, 0.3) is 0 Å². The van der Waals surface area contributed by atoms with Crippen LogP contribution in [0, 0.1) is 0 Å². The summed E-state index contributed by atoms with van der Waals surface area (Å²) in [6.07, 6.45) is 0. The molecule has 8 heteroatoms. The molecule has 6 nitrogen and oxygen atoms in total. The largest absolute Gasteiger partial charge is 0.466 e.